The Morgan fingerprint density at radius 1 is 1.13 bits per heavy atom. The molecule has 1 N–H and O–H groups in total. The van der Waals surface area contributed by atoms with Gasteiger partial charge < -0.3 is 19.1 Å². The number of benzene rings is 1. The van der Waals surface area contributed by atoms with E-state index < -0.39 is 5.60 Å². The molecule has 7 nitrogen and oxygen atoms in total. The minimum absolute atomic E-state index is 0.112. The molecule has 2 atom stereocenters. The second-order valence-corrected chi connectivity index (χ2v) is 8.91. The molecule has 3 heterocycles. The van der Waals surface area contributed by atoms with Gasteiger partial charge in [-0.15, -0.1) is 0 Å². The normalized spacial score (nSPS) is 26.2. The Balaban J connectivity index is 1.45. The fourth-order valence-electron chi connectivity index (χ4n) is 5.78. The van der Waals surface area contributed by atoms with Crippen molar-refractivity contribution in [3.63, 3.8) is 0 Å². The van der Waals surface area contributed by atoms with Gasteiger partial charge in [0.1, 0.15) is 5.60 Å². The first-order valence-electron chi connectivity index (χ1n) is 11.0. The van der Waals surface area contributed by atoms with Crippen molar-refractivity contribution < 1.29 is 14.6 Å². The molecule has 164 valence electrons. The summed E-state index contributed by atoms with van der Waals surface area (Å²) in [4.78, 5) is 11.1. The van der Waals surface area contributed by atoms with Gasteiger partial charge in [0.2, 0.25) is 5.88 Å². The largest absolute Gasteiger partial charge is 0.481 e. The van der Waals surface area contributed by atoms with Gasteiger partial charge in [-0.2, -0.15) is 4.98 Å². The van der Waals surface area contributed by atoms with Gasteiger partial charge in [0.25, 0.3) is 0 Å². The molecule has 0 unspecified atom stereocenters. The van der Waals surface area contributed by atoms with E-state index in [9.17, 15) is 5.11 Å². The summed E-state index contributed by atoms with van der Waals surface area (Å²) in [5, 5.41) is 13.3. The number of ether oxygens (including phenoxy) is 2. The molecule has 2 bridgehead atoms. The number of aliphatic hydroxyl groups is 1. The van der Waals surface area contributed by atoms with Crippen LogP contribution in [-0.2, 0) is 19.2 Å². The first kappa shape index (κ1) is 20.3. The summed E-state index contributed by atoms with van der Waals surface area (Å²) in [5.41, 5.74) is 2.30. The van der Waals surface area contributed by atoms with Crippen molar-refractivity contribution in [1.82, 2.24) is 19.4 Å². The molecule has 1 saturated heterocycles. The average molecular weight is 423 g/mol. The lowest BCUT2D eigenvalue weighted by atomic mass is 9.63. The van der Waals surface area contributed by atoms with Crippen LogP contribution in [0.15, 0.2) is 36.7 Å². The number of methoxy groups -OCH3 is 2. The molecular weight excluding hydrogens is 392 g/mol. The number of likely N-dealkylation sites (tertiary alicyclic amines) is 1. The van der Waals surface area contributed by atoms with Gasteiger partial charge in [0, 0.05) is 61.8 Å². The maximum absolute atomic E-state index is 12.0. The van der Waals surface area contributed by atoms with Crippen LogP contribution in [-0.4, -0.2) is 51.9 Å². The molecule has 5 rings (SSSR count). The van der Waals surface area contributed by atoms with Crippen molar-refractivity contribution in [1.29, 1.82) is 0 Å². The zero-order chi connectivity index (χ0) is 21.6. The summed E-state index contributed by atoms with van der Waals surface area (Å²) in [6, 6.07) is 8.81. The van der Waals surface area contributed by atoms with E-state index in [1.54, 1.807) is 13.3 Å². The average Bonchev–Trinajstić information content (AvgIpc) is 3.09. The SMILES string of the molecule is COc1ncc(C2(O)[C@@H]3CCC[C@@H]2CN(Cc2cn(C)c4ccccc24)C3)c(OC)n1. The number of piperidine rings is 1. The van der Waals surface area contributed by atoms with Gasteiger partial charge in [0.05, 0.1) is 19.8 Å². The number of fused-ring (bicyclic) bond motifs is 3. The number of hydrogen-bond donors (Lipinski definition) is 1. The highest BCUT2D eigenvalue weighted by atomic mass is 16.5. The van der Waals surface area contributed by atoms with Crippen molar-refractivity contribution in [2.45, 2.75) is 31.4 Å². The third-order valence-electron chi connectivity index (χ3n) is 7.22. The van der Waals surface area contributed by atoms with Crippen molar-refractivity contribution >= 4 is 10.9 Å². The van der Waals surface area contributed by atoms with Crippen LogP contribution in [0.2, 0.25) is 0 Å². The highest BCUT2D eigenvalue weighted by Crippen LogP contribution is 2.51. The molecule has 2 fully saturated rings. The molecule has 1 aliphatic carbocycles. The molecular formula is C24H30N4O3. The van der Waals surface area contributed by atoms with E-state index in [0.29, 0.717) is 11.4 Å². The van der Waals surface area contributed by atoms with Gasteiger partial charge in [-0.3, -0.25) is 4.90 Å². The Kier molecular flexibility index (Phi) is 5.10. The van der Waals surface area contributed by atoms with Crippen molar-refractivity contribution in [2.24, 2.45) is 18.9 Å². The molecule has 1 aliphatic heterocycles. The summed E-state index contributed by atoms with van der Waals surface area (Å²) < 4.78 is 12.9. The Hall–Kier alpha value is -2.64. The molecule has 1 saturated carbocycles. The highest BCUT2D eigenvalue weighted by Gasteiger charge is 2.53. The number of hydrogen-bond acceptors (Lipinski definition) is 6. The molecule has 0 spiro atoms. The lowest BCUT2D eigenvalue weighted by Crippen LogP contribution is -2.58. The second-order valence-electron chi connectivity index (χ2n) is 8.91. The Bertz CT molecular complexity index is 1080. The van der Waals surface area contributed by atoms with Gasteiger partial charge in [-0.1, -0.05) is 24.6 Å². The molecule has 2 aliphatic rings. The maximum atomic E-state index is 12.0. The summed E-state index contributed by atoms with van der Waals surface area (Å²) in [6.07, 6.45) is 7.03. The van der Waals surface area contributed by atoms with Crippen LogP contribution in [0.1, 0.15) is 30.4 Å². The van der Waals surface area contributed by atoms with Crippen LogP contribution in [0, 0.1) is 11.8 Å². The van der Waals surface area contributed by atoms with Gasteiger partial charge in [-0.05, 0) is 24.5 Å². The van der Waals surface area contributed by atoms with Crippen LogP contribution in [0.5, 0.6) is 11.9 Å². The fraction of sp³-hybridized carbons (Fsp3) is 0.500. The molecule has 7 heteroatoms. The smallest absolute Gasteiger partial charge is 0.319 e. The summed E-state index contributed by atoms with van der Waals surface area (Å²) in [6.45, 7) is 2.57. The lowest BCUT2D eigenvalue weighted by Gasteiger charge is -2.53. The first-order valence-corrected chi connectivity index (χ1v) is 11.0. The van der Waals surface area contributed by atoms with Crippen LogP contribution in [0.4, 0.5) is 0 Å². The van der Waals surface area contributed by atoms with Gasteiger partial charge in [-0.25, -0.2) is 4.98 Å². The minimum atomic E-state index is -0.981. The third kappa shape index (κ3) is 3.27. The predicted octanol–water partition coefficient (Wildman–Crippen LogP) is 3.11. The summed E-state index contributed by atoms with van der Waals surface area (Å²) >= 11 is 0. The van der Waals surface area contributed by atoms with E-state index in [1.165, 1.54) is 23.6 Å². The Labute approximate surface area is 182 Å². The number of aromatic nitrogens is 3. The highest BCUT2D eigenvalue weighted by molar-refractivity contribution is 5.83. The van der Waals surface area contributed by atoms with Crippen LogP contribution < -0.4 is 9.47 Å². The summed E-state index contributed by atoms with van der Waals surface area (Å²) in [5.74, 6) is 0.635. The van der Waals surface area contributed by atoms with E-state index >= 15 is 0 Å². The molecule has 0 radical (unpaired) electrons. The minimum Gasteiger partial charge on any atom is -0.481 e. The molecule has 3 aromatic rings. The second kappa shape index (κ2) is 7.80. The van der Waals surface area contributed by atoms with Crippen LogP contribution in [0.3, 0.4) is 0 Å². The number of para-hydroxylation sites is 1. The number of nitrogens with zero attached hydrogens (tertiary/aromatic N) is 4. The molecule has 2 aromatic heterocycles. The molecule has 1 aromatic carbocycles. The van der Waals surface area contributed by atoms with Crippen molar-refractivity contribution in [3.05, 3.63) is 47.8 Å². The van der Waals surface area contributed by atoms with Crippen molar-refractivity contribution in [2.75, 3.05) is 27.3 Å². The van der Waals surface area contributed by atoms with E-state index in [0.717, 1.165) is 38.9 Å². The van der Waals surface area contributed by atoms with Crippen molar-refractivity contribution in [3.8, 4) is 11.9 Å². The van der Waals surface area contributed by atoms with E-state index in [1.807, 2.05) is 0 Å². The molecule has 0 amide bonds. The first-order chi connectivity index (χ1) is 15.0. The van der Waals surface area contributed by atoms with E-state index in [-0.39, 0.29) is 17.8 Å². The zero-order valence-corrected chi connectivity index (χ0v) is 18.4. The maximum Gasteiger partial charge on any atom is 0.319 e. The Morgan fingerprint density at radius 2 is 1.87 bits per heavy atom. The predicted molar refractivity (Wildman–Crippen MR) is 118 cm³/mol. The quantitative estimate of drug-likeness (QED) is 0.681. The third-order valence-corrected chi connectivity index (χ3v) is 7.22. The monoisotopic (exact) mass is 422 g/mol. The number of rotatable bonds is 5. The van der Waals surface area contributed by atoms with Gasteiger partial charge in [0.15, 0.2) is 0 Å². The topological polar surface area (TPSA) is 72.6 Å². The molecule has 31 heavy (non-hydrogen) atoms. The van der Waals surface area contributed by atoms with E-state index in [2.05, 4.69) is 56.9 Å². The number of aryl methyl sites for hydroxylation is 1. The fourth-order valence-corrected chi connectivity index (χ4v) is 5.78. The Morgan fingerprint density at radius 3 is 2.58 bits per heavy atom. The van der Waals surface area contributed by atoms with E-state index in [4.69, 9.17) is 9.47 Å². The zero-order valence-electron chi connectivity index (χ0n) is 18.4. The standard InChI is InChI=1S/C24H30N4O3/c1-27-12-16(19-9-4-5-10-21(19)27)13-28-14-17-7-6-8-18(15-28)24(17,29)20-11-25-23(31-3)26-22(20)30-2/h4-5,9-12,17-18,29H,6-8,13-15H2,1-3H3/t17-,18-/m1/s1. The van der Waals surface area contributed by atoms with Crippen LogP contribution in [0.25, 0.3) is 10.9 Å². The summed E-state index contributed by atoms with van der Waals surface area (Å²) in [7, 11) is 5.22. The lowest BCUT2D eigenvalue weighted by molar-refractivity contribution is -0.149. The van der Waals surface area contributed by atoms with Gasteiger partial charge >= 0.3 is 6.01 Å². The van der Waals surface area contributed by atoms with Crippen LogP contribution >= 0.6 is 0 Å².